The Morgan fingerprint density at radius 2 is 2.00 bits per heavy atom. The summed E-state index contributed by atoms with van der Waals surface area (Å²) in [6.45, 7) is 5.98. The molecule has 0 saturated carbocycles. The van der Waals surface area contributed by atoms with E-state index < -0.39 is 0 Å². The molecule has 0 spiro atoms. The average molecular weight is 274 g/mol. The third-order valence-corrected chi connectivity index (χ3v) is 2.38. The van der Waals surface area contributed by atoms with Gasteiger partial charge in [-0.2, -0.15) is 10.1 Å². The van der Waals surface area contributed by atoms with Gasteiger partial charge in [0, 0.05) is 0 Å². The minimum Gasteiger partial charge on any atom is -0.488 e. The second-order valence-electron chi connectivity index (χ2n) is 5.42. The first-order valence-electron chi connectivity index (χ1n) is 6.35. The maximum atomic E-state index is 11.8. The predicted molar refractivity (Wildman–Crippen MR) is 75.5 cm³/mol. The average Bonchev–Trinajstić information content (AvgIpc) is 2.82. The third kappa shape index (κ3) is 4.38. The number of carbonyl (C=O) groups is 1. The number of anilines is 1. The number of hydrogen-bond donors (Lipinski definition) is 2. The Hall–Kier alpha value is -2.37. The summed E-state index contributed by atoms with van der Waals surface area (Å²) in [5.41, 5.74) is 0.675. The lowest BCUT2D eigenvalue weighted by molar-refractivity contribution is -0.115. The number of ether oxygens (including phenoxy) is 1. The molecule has 1 amide bonds. The number of nitrogens with one attached hydrogen (secondary N) is 2. The molecule has 1 aromatic carbocycles. The number of H-pyrrole nitrogens is 1. The van der Waals surface area contributed by atoms with Crippen LogP contribution in [0, 0.1) is 0 Å². The van der Waals surface area contributed by atoms with Crippen LogP contribution in [0.25, 0.3) is 0 Å². The number of rotatable bonds is 4. The Morgan fingerprint density at radius 3 is 2.55 bits per heavy atom. The summed E-state index contributed by atoms with van der Waals surface area (Å²) in [7, 11) is 0. The molecule has 1 aromatic heterocycles. The second kappa shape index (κ2) is 5.73. The van der Waals surface area contributed by atoms with E-state index in [0.29, 0.717) is 5.95 Å². The van der Waals surface area contributed by atoms with Crippen molar-refractivity contribution in [1.29, 1.82) is 0 Å². The smallest absolute Gasteiger partial charge is 0.231 e. The minimum atomic E-state index is -0.231. The SMILES string of the molecule is CC(C)(C)Oc1ccc(CC(=O)Nc2ncn[nH]2)cc1. The largest absolute Gasteiger partial charge is 0.488 e. The maximum Gasteiger partial charge on any atom is 0.231 e. The molecule has 0 atom stereocenters. The van der Waals surface area contributed by atoms with Crippen molar-refractivity contribution in [2.75, 3.05) is 5.32 Å². The Bertz CT molecular complexity index is 556. The number of nitrogens with zero attached hydrogens (tertiary/aromatic N) is 2. The molecule has 106 valence electrons. The van der Waals surface area contributed by atoms with Crippen molar-refractivity contribution in [3.8, 4) is 5.75 Å². The van der Waals surface area contributed by atoms with E-state index in [2.05, 4.69) is 20.5 Å². The van der Waals surface area contributed by atoms with E-state index in [1.807, 2.05) is 45.0 Å². The molecule has 2 rings (SSSR count). The molecule has 2 N–H and O–H groups in total. The molecule has 0 fully saturated rings. The van der Waals surface area contributed by atoms with E-state index in [-0.39, 0.29) is 17.9 Å². The van der Waals surface area contributed by atoms with Crippen LogP contribution in [0.5, 0.6) is 5.75 Å². The van der Waals surface area contributed by atoms with E-state index >= 15 is 0 Å². The summed E-state index contributed by atoms with van der Waals surface area (Å²) in [6, 6.07) is 7.48. The van der Waals surface area contributed by atoms with Crippen LogP contribution in [-0.4, -0.2) is 26.7 Å². The third-order valence-electron chi connectivity index (χ3n) is 2.38. The van der Waals surface area contributed by atoms with E-state index in [1.54, 1.807) is 0 Å². The summed E-state index contributed by atoms with van der Waals surface area (Å²) in [5.74, 6) is 0.991. The minimum absolute atomic E-state index is 0.147. The van der Waals surface area contributed by atoms with Gasteiger partial charge in [-0.25, -0.2) is 5.10 Å². The van der Waals surface area contributed by atoms with Crippen LogP contribution in [0.15, 0.2) is 30.6 Å². The quantitative estimate of drug-likeness (QED) is 0.895. The normalized spacial score (nSPS) is 11.2. The van der Waals surface area contributed by atoms with Crippen LogP contribution in [-0.2, 0) is 11.2 Å². The molecular formula is C14H18N4O2. The van der Waals surface area contributed by atoms with Gasteiger partial charge in [-0.3, -0.25) is 10.1 Å². The zero-order valence-electron chi connectivity index (χ0n) is 11.8. The van der Waals surface area contributed by atoms with Crippen LogP contribution < -0.4 is 10.1 Å². The summed E-state index contributed by atoms with van der Waals surface area (Å²) >= 11 is 0. The Morgan fingerprint density at radius 1 is 1.30 bits per heavy atom. The van der Waals surface area contributed by atoms with Gasteiger partial charge in [-0.05, 0) is 38.5 Å². The molecule has 0 radical (unpaired) electrons. The van der Waals surface area contributed by atoms with Gasteiger partial charge in [0.05, 0.1) is 6.42 Å². The molecule has 0 saturated heterocycles. The zero-order valence-corrected chi connectivity index (χ0v) is 11.8. The lowest BCUT2D eigenvalue weighted by Gasteiger charge is -2.21. The summed E-state index contributed by atoms with van der Waals surface area (Å²) in [4.78, 5) is 15.6. The highest BCUT2D eigenvalue weighted by Crippen LogP contribution is 2.18. The second-order valence-corrected chi connectivity index (χ2v) is 5.42. The molecule has 0 aliphatic heterocycles. The van der Waals surface area contributed by atoms with Gasteiger partial charge in [0.25, 0.3) is 0 Å². The van der Waals surface area contributed by atoms with Crippen LogP contribution in [0.4, 0.5) is 5.95 Å². The topological polar surface area (TPSA) is 79.9 Å². The van der Waals surface area contributed by atoms with E-state index in [4.69, 9.17) is 4.74 Å². The predicted octanol–water partition coefficient (Wildman–Crippen LogP) is 2.16. The standard InChI is InChI=1S/C14H18N4O2/c1-14(2,3)20-11-6-4-10(5-7-11)8-12(19)17-13-15-9-16-18-13/h4-7,9H,8H2,1-3H3,(H2,15,16,17,18,19). The first-order valence-corrected chi connectivity index (χ1v) is 6.35. The maximum absolute atomic E-state index is 11.8. The van der Waals surface area contributed by atoms with Crippen LogP contribution in [0.3, 0.4) is 0 Å². The number of amides is 1. The molecule has 0 bridgehead atoms. The number of carbonyl (C=O) groups excluding carboxylic acids is 1. The fourth-order valence-electron chi connectivity index (χ4n) is 1.66. The van der Waals surface area contributed by atoms with Crippen molar-refractivity contribution < 1.29 is 9.53 Å². The Balaban J connectivity index is 1.92. The van der Waals surface area contributed by atoms with Gasteiger partial charge in [0.15, 0.2) is 0 Å². The number of hydrogen-bond acceptors (Lipinski definition) is 4. The van der Waals surface area contributed by atoms with Crippen LogP contribution in [0.1, 0.15) is 26.3 Å². The van der Waals surface area contributed by atoms with E-state index in [9.17, 15) is 4.79 Å². The fourth-order valence-corrected chi connectivity index (χ4v) is 1.66. The summed E-state index contributed by atoms with van der Waals surface area (Å²) < 4.78 is 5.72. The fraction of sp³-hybridized carbons (Fsp3) is 0.357. The van der Waals surface area contributed by atoms with Crippen molar-refractivity contribution in [2.24, 2.45) is 0 Å². The van der Waals surface area contributed by atoms with Gasteiger partial charge < -0.3 is 4.74 Å². The van der Waals surface area contributed by atoms with Gasteiger partial charge in [-0.1, -0.05) is 12.1 Å². The van der Waals surface area contributed by atoms with Gasteiger partial charge in [0.2, 0.25) is 11.9 Å². The molecule has 2 aromatic rings. The Labute approximate surface area is 117 Å². The van der Waals surface area contributed by atoms with Crippen molar-refractivity contribution in [3.63, 3.8) is 0 Å². The molecule has 0 aliphatic rings. The lowest BCUT2D eigenvalue weighted by Crippen LogP contribution is -2.22. The highest BCUT2D eigenvalue weighted by atomic mass is 16.5. The number of benzene rings is 1. The van der Waals surface area contributed by atoms with Gasteiger partial charge in [0.1, 0.15) is 17.7 Å². The zero-order chi connectivity index (χ0) is 14.6. The summed E-state index contributed by atoms with van der Waals surface area (Å²) in [6.07, 6.45) is 1.62. The molecule has 6 heteroatoms. The van der Waals surface area contributed by atoms with Crippen molar-refractivity contribution in [3.05, 3.63) is 36.2 Å². The van der Waals surface area contributed by atoms with Crippen molar-refractivity contribution >= 4 is 11.9 Å². The van der Waals surface area contributed by atoms with Crippen molar-refractivity contribution in [1.82, 2.24) is 15.2 Å². The number of aromatic nitrogens is 3. The van der Waals surface area contributed by atoms with Crippen molar-refractivity contribution in [2.45, 2.75) is 32.8 Å². The molecule has 20 heavy (non-hydrogen) atoms. The Kier molecular flexibility index (Phi) is 4.02. The molecule has 1 heterocycles. The van der Waals surface area contributed by atoms with Gasteiger partial charge >= 0.3 is 0 Å². The van der Waals surface area contributed by atoms with E-state index in [0.717, 1.165) is 11.3 Å². The van der Waals surface area contributed by atoms with Gasteiger partial charge in [-0.15, -0.1) is 0 Å². The molecule has 0 aliphatic carbocycles. The highest BCUT2D eigenvalue weighted by Gasteiger charge is 2.12. The lowest BCUT2D eigenvalue weighted by atomic mass is 10.1. The van der Waals surface area contributed by atoms with E-state index in [1.165, 1.54) is 6.33 Å². The summed E-state index contributed by atoms with van der Waals surface area (Å²) in [5, 5.41) is 8.86. The highest BCUT2D eigenvalue weighted by molar-refractivity contribution is 5.90. The van der Waals surface area contributed by atoms with Crippen LogP contribution in [0.2, 0.25) is 0 Å². The van der Waals surface area contributed by atoms with Crippen LogP contribution >= 0.6 is 0 Å². The molecule has 0 unspecified atom stereocenters. The first-order chi connectivity index (χ1) is 9.42. The first kappa shape index (κ1) is 14.0. The number of aromatic amines is 1. The molecular weight excluding hydrogens is 256 g/mol. The molecule has 6 nitrogen and oxygen atoms in total. The monoisotopic (exact) mass is 274 g/mol.